The van der Waals surface area contributed by atoms with E-state index < -0.39 is 0 Å². The first-order valence-electron chi connectivity index (χ1n) is 4.67. The van der Waals surface area contributed by atoms with Crippen molar-refractivity contribution in [1.82, 2.24) is 20.2 Å². The van der Waals surface area contributed by atoms with E-state index >= 15 is 0 Å². The molecule has 1 aromatic heterocycles. The van der Waals surface area contributed by atoms with Gasteiger partial charge in [-0.05, 0) is 17.3 Å². The van der Waals surface area contributed by atoms with Crippen LogP contribution >= 0.6 is 34.8 Å². The zero-order valence-electron chi connectivity index (χ0n) is 8.78. The minimum atomic E-state index is 0.408. The van der Waals surface area contributed by atoms with Gasteiger partial charge in [0.15, 0.2) is 5.82 Å². The van der Waals surface area contributed by atoms with Crippen molar-refractivity contribution in [2.45, 2.75) is 6.54 Å². The largest absolute Gasteiger partial charge is 0.376 e. The Kier molecular flexibility index (Phi) is 3.71. The van der Waals surface area contributed by atoms with Gasteiger partial charge in [-0.2, -0.15) is 4.80 Å². The lowest BCUT2D eigenvalue weighted by atomic mass is 10.3. The number of nitrogens with zero attached hydrogens (tertiary/aromatic N) is 4. The molecule has 90 valence electrons. The SMILES string of the molecule is Cn1nnc(CNc2cc(Cl)c(Cl)cc2Cl)n1. The molecule has 0 unspecified atom stereocenters. The summed E-state index contributed by atoms with van der Waals surface area (Å²) in [5.41, 5.74) is 0.675. The third kappa shape index (κ3) is 3.00. The fourth-order valence-electron chi connectivity index (χ4n) is 1.23. The second-order valence-electron chi connectivity index (χ2n) is 3.29. The number of tetrazole rings is 1. The van der Waals surface area contributed by atoms with E-state index in [1.54, 1.807) is 19.2 Å². The molecule has 0 amide bonds. The van der Waals surface area contributed by atoms with Crippen LogP contribution < -0.4 is 5.32 Å². The number of anilines is 1. The number of nitrogens with one attached hydrogen (secondary N) is 1. The molecule has 1 heterocycles. The molecule has 0 aliphatic carbocycles. The lowest BCUT2D eigenvalue weighted by Crippen LogP contribution is -2.02. The lowest BCUT2D eigenvalue weighted by molar-refractivity contribution is 0.628. The second-order valence-corrected chi connectivity index (χ2v) is 4.52. The van der Waals surface area contributed by atoms with Gasteiger partial charge in [0.2, 0.25) is 0 Å². The summed E-state index contributed by atoms with van der Waals surface area (Å²) in [5, 5.41) is 16.0. The maximum Gasteiger partial charge on any atom is 0.193 e. The van der Waals surface area contributed by atoms with Crippen LogP contribution in [0.1, 0.15) is 5.82 Å². The van der Waals surface area contributed by atoms with Crippen LogP contribution in [-0.2, 0) is 13.6 Å². The molecule has 0 atom stereocenters. The van der Waals surface area contributed by atoms with Crippen LogP contribution in [0.5, 0.6) is 0 Å². The molecular formula is C9H8Cl3N5. The molecule has 0 aliphatic rings. The third-order valence-corrected chi connectivity index (χ3v) is 3.03. The molecule has 5 nitrogen and oxygen atoms in total. The number of hydrogen-bond donors (Lipinski definition) is 1. The van der Waals surface area contributed by atoms with Crippen molar-refractivity contribution in [3.8, 4) is 0 Å². The van der Waals surface area contributed by atoms with Crippen LogP contribution in [0.3, 0.4) is 0 Å². The van der Waals surface area contributed by atoms with Gasteiger partial charge < -0.3 is 5.32 Å². The Balaban J connectivity index is 2.11. The van der Waals surface area contributed by atoms with Crippen molar-refractivity contribution in [2.75, 3.05) is 5.32 Å². The van der Waals surface area contributed by atoms with E-state index in [1.165, 1.54) is 4.80 Å². The zero-order valence-corrected chi connectivity index (χ0v) is 11.1. The number of benzene rings is 1. The molecule has 0 saturated carbocycles. The van der Waals surface area contributed by atoms with Gasteiger partial charge in [0.05, 0.1) is 34.3 Å². The van der Waals surface area contributed by atoms with Crippen LogP contribution in [0.4, 0.5) is 5.69 Å². The summed E-state index contributed by atoms with van der Waals surface area (Å²) in [7, 11) is 1.70. The summed E-state index contributed by atoms with van der Waals surface area (Å²) in [6, 6.07) is 3.24. The monoisotopic (exact) mass is 291 g/mol. The molecule has 1 aromatic carbocycles. The highest BCUT2D eigenvalue weighted by Crippen LogP contribution is 2.32. The normalized spacial score (nSPS) is 10.6. The Bertz CT molecular complexity index is 539. The summed E-state index contributed by atoms with van der Waals surface area (Å²) in [6.07, 6.45) is 0. The minimum Gasteiger partial charge on any atom is -0.376 e. The molecule has 0 aliphatic heterocycles. The van der Waals surface area contributed by atoms with E-state index in [4.69, 9.17) is 34.8 Å². The molecule has 8 heteroatoms. The Labute approximate surface area is 113 Å². The Hall–Kier alpha value is -1.04. The highest BCUT2D eigenvalue weighted by molar-refractivity contribution is 6.44. The van der Waals surface area contributed by atoms with Crippen LogP contribution in [0.2, 0.25) is 15.1 Å². The second kappa shape index (κ2) is 5.08. The summed E-state index contributed by atoms with van der Waals surface area (Å²) in [4.78, 5) is 1.38. The van der Waals surface area contributed by atoms with Gasteiger partial charge in [-0.1, -0.05) is 34.8 Å². The molecule has 2 rings (SSSR count). The van der Waals surface area contributed by atoms with E-state index in [-0.39, 0.29) is 0 Å². The summed E-state index contributed by atoms with van der Waals surface area (Å²) >= 11 is 17.7. The van der Waals surface area contributed by atoms with Gasteiger partial charge >= 0.3 is 0 Å². The Morgan fingerprint density at radius 2 is 1.88 bits per heavy atom. The van der Waals surface area contributed by atoms with Crippen molar-refractivity contribution in [3.63, 3.8) is 0 Å². The van der Waals surface area contributed by atoms with Gasteiger partial charge in [-0.25, -0.2) is 0 Å². The topological polar surface area (TPSA) is 55.6 Å². The van der Waals surface area contributed by atoms with E-state index in [0.717, 1.165) is 0 Å². The first kappa shape index (κ1) is 12.4. The first-order chi connectivity index (χ1) is 8.06. The molecule has 0 fully saturated rings. The Morgan fingerprint density at radius 1 is 1.18 bits per heavy atom. The zero-order chi connectivity index (χ0) is 12.4. The van der Waals surface area contributed by atoms with Gasteiger partial charge in [0, 0.05) is 0 Å². The van der Waals surface area contributed by atoms with Crippen LogP contribution in [0.15, 0.2) is 12.1 Å². The van der Waals surface area contributed by atoms with E-state index in [2.05, 4.69) is 20.7 Å². The number of hydrogen-bond acceptors (Lipinski definition) is 4. The van der Waals surface area contributed by atoms with Gasteiger partial charge in [0.1, 0.15) is 0 Å². The summed E-state index contributed by atoms with van der Waals surface area (Å²) in [6.45, 7) is 0.408. The van der Waals surface area contributed by atoms with Crippen molar-refractivity contribution in [3.05, 3.63) is 33.0 Å². The van der Waals surface area contributed by atoms with Crippen molar-refractivity contribution in [1.29, 1.82) is 0 Å². The van der Waals surface area contributed by atoms with Gasteiger partial charge in [-0.15, -0.1) is 10.2 Å². The predicted molar refractivity (Wildman–Crippen MR) is 67.6 cm³/mol. The molecule has 0 bridgehead atoms. The average Bonchev–Trinajstić information content (AvgIpc) is 2.68. The molecule has 0 saturated heterocycles. The highest BCUT2D eigenvalue weighted by Gasteiger charge is 2.07. The lowest BCUT2D eigenvalue weighted by Gasteiger charge is -2.07. The summed E-state index contributed by atoms with van der Waals surface area (Å²) < 4.78 is 0. The van der Waals surface area contributed by atoms with Gasteiger partial charge in [0.25, 0.3) is 0 Å². The maximum absolute atomic E-state index is 6.01. The minimum absolute atomic E-state index is 0.408. The van der Waals surface area contributed by atoms with E-state index in [1.807, 2.05) is 0 Å². The predicted octanol–water partition coefficient (Wildman–Crippen LogP) is 2.78. The number of aromatic nitrogens is 4. The first-order valence-corrected chi connectivity index (χ1v) is 5.81. The van der Waals surface area contributed by atoms with Crippen molar-refractivity contribution in [2.24, 2.45) is 7.05 Å². The number of rotatable bonds is 3. The third-order valence-electron chi connectivity index (χ3n) is 2.00. The standard InChI is InChI=1S/C9H8Cl3N5/c1-17-15-9(14-16-17)4-13-8-3-6(11)5(10)2-7(8)12/h2-3,13H,4H2,1H3. The van der Waals surface area contributed by atoms with E-state index in [9.17, 15) is 0 Å². The number of halogens is 3. The fourth-order valence-corrected chi connectivity index (χ4v) is 1.84. The smallest absolute Gasteiger partial charge is 0.193 e. The van der Waals surface area contributed by atoms with Gasteiger partial charge in [-0.3, -0.25) is 0 Å². The molecule has 0 spiro atoms. The van der Waals surface area contributed by atoms with Crippen LogP contribution in [0.25, 0.3) is 0 Å². The molecule has 2 aromatic rings. The number of aryl methyl sites for hydroxylation is 1. The maximum atomic E-state index is 6.01. The average molecular weight is 293 g/mol. The molecule has 0 radical (unpaired) electrons. The highest BCUT2D eigenvalue weighted by atomic mass is 35.5. The van der Waals surface area contributed by atoms with Crippen LogP contribution in [0, 0.1) is 0 Å². The Morgan fingerprint density at radius 3 is 2.53 bits per heavy atom. The van der Waals surface area contributed by atoms with E-state index in [0.29, 0.717) is 33.1 Å². The van der Waals surface area contributed by atoms with Crippen molar-refractivity contribution < 1.29 is 0 Å². The molecule has 1 N–H and O–H groups in total. The molecule has 17 heavy (non-hydrogen) atoms. The fraction of sp³-hybridized carbons (Fsp3) is 0.222. The van der Waals surface area contributed by atoms with Crippen LogP contribution in [-0.4, -0.2) is 20.2 Å². The van der Waals surface area contributed by atoms with Crippen molar-refractivity contribution >= 4 is 40.5 Å². The quantitative estimate of drug-likeness (QED) is 0.884. The summed E-state index contributed by atoms with van der Waals surface area (Å²) in [5.74, 6) is 0.564. The molecular weight excluding hydrogens is 284 g/mol.